The summed E-state index contributed by atoms with van der Waals surface area (Å²) in [6.07, 6.45) is 0.303. The second-order valence-electron chi connectivity index (χ2n) is 12.6. The third-order valence-electron chi connectivity index (χ3n) is 8.06. The lowest BCUT2D eigenvalue weighted by Gasteiger charge is -2.30. The van der Waals surface area contributed by atoms with E-state index in [1.54, 1.807) is 23.5 Å². The first kappa shape index (κ1) is 35.6. The average Bonchev–Trinajstić information content (AvgIpc) is 3.44. The van der Waals surface area contributed by atoms with Gasteiger partial charge in [0.05, 0.1) is 21.7 Å². The van der Waals surface area contributed by atoms with E-state index in [2.05, 4.69) is 15.3 Å². The molecule has 1 heterocycles. The Labute approximate surface area is 279 Å². The molecule has 4 aromatic rings. The highest BCUT2D eigenvalue weighted by atomic mass is 32.2. The minimum Gasteiger partial charge on any atom is -0.391 e. The van der Waals surface area contributed by atoms with Gasteiger partial charge in [0.2, 0.25) is 10.0 Å². The van der Waals surface area contributed by atoms with Crippen molar-refractivity contribution in [2.24, 2.45) is 11.8 Å². The van der Waals surface area contributed by atoms with E-state index in [1.165, 1.54) is 4.31 Å². The predicted molar refractivity (Wildman–Crippen MR) is 186 cm³/mol. The number of benzene rings is 3. The standard InChI is InChI=1S/C37H47N3O4S2/c1-6-29-15-17-35(18-16-29)46(43,44)40(22-27(2)3)25-37(42)33(19-30-11-8-7-9-12-30)21-36(41)32-14-10-13-31(20-32)23-39(5)24-34-26-45-28(4)38-34/h7-18,20,26-27,33,37,42H,6,19,21-25H2,1-5H3/t33-,37-/m1/s1. The minimum absolute atomic E-state index is 0.0477. The molecule has 0 bridgehead atoms. The van der Waals surface area contributed by atoms with Gasteiger partial charge in [0.15, 0.2) is 5.78 Å². The van der Waals surface area contributed by atoms with Crippen molar-refractivity contribution in [1.29, 1.82) is 0 Å². The highest BCUT2D eigenvalue weighted by Gasteiger charge is 2.31. The molecule has 0 saturated carbocycles. The van der Waals surface area contributed by atoms with E-state index in [0.29, 0.717) is 25.1 Å². The highest BCUT2D eigenvalue weighted by molar-refractivity contribution is 7.89. The van der Waals surface area contributed by atoms with Crippen LogP contribution < -0.4 is 0 Å². The quantitative estimate of drug-likeness (QED) is 0.125. The third-order valence-corrected chi connectivity index (χ3v) is 10.7. The number of hydrogen-bond acceptors (Lipinski definition) is 7. The molecule has 0 amide bonds. The summed E-state index contributed by atoms with van der Waals surface area (Å²) in [5, 5.41) is 14.8. The molecule has 0 aliphatic rings. The van der Waals surface area contributed by atoms with E-state index < -0.39 is 22.0 Å². The van der Waals surface area contributed by atoms with Crippen molar-refractivity contribution >= 4 is 27.1 Å². The van der Waals surface area contributed by atoms with Crippen LogP contribution in [0.2, 0.25) is 0 Å². The number of thiazole rings is 1. The van der Waals surface area contributed by atoms with Crippen molar-refractivity contribution in [1.82, 2.24) is 14.2 Å². The molecule has 0 radical (unpaired) electrons. The number of aliphatic hydroxyl groups is 1. The number of aryl methyl sites for hydroxylation is 2. The normalized spacial score (nSPS) is 13.4. The Morgan fingerprint density at radius 2 is 1.61 bits per heavy atom. The molecule has 1 aromatic heterocycles. The summed E-state index contributed by atoms with van der Waals surface area (Å²) in [5.41, 5.74) is 4.68. The molecule has 1 N–H and O–H groups in total. The van der Waals surface area contributed by atoms with Crippen molar-refractivity contribution in [2.45, 2.75) is 71.0 Å². The summed E-state index contributed by atoms with van der Waals surface area (Å²) >= 11 is 1.64. The van der Waals surface area contributed by atoms with E-state index in [-0.39, 0.29) is 36.1 Å². The summed E-state index contributed by atoms with van der Waals surface area (Å²) in [6.45, 7) is 9.49. The largest absolute Gasteiger partial charge is 0.391 e. The molecular formula is C37H47N3O4S2. The summed E-state index contributed by atoms with van der Waals surface area (Å²) in [4.78, 5) is 20.7. The molecule has 246 valence electrons. The Morgan fingerprint density at radius 1 is 0.913 bits per heavy atom. The summed E-state index contributed by atoms with van der Waals surface area (Å²) < 4.78 is 29.0. The molecule has 0 unspecified atom stereocenters. The fourth-order valence-corrected chi connectivity index (χ4v) is 7.89. The van der Waals surface area contributed by atoms with Crippen LogP contribution in [0.4, 0.5) is 0 Å². The molecule has 9 heteroatoms. The van der Waals surface area contributed by atoms with E-state index in [9.17, 15) is 18.3 Å². The Kier molecular flexibility index (Phi) is 12.8. The molecule has 0 aliphatic carbocycles. The van der Waals surface area contributed by atoms with Crippen molar-refractivity contribution in [3.63, 3.8) is 0 Å². The van der Waals surface area contributed by atoms with Crippen LogP contribution >= 0.6 is 11.3 Å². The van der Waals surface area contributed by atoms with E-state index in [4.69, 9.17) is 0 Å². The van der Waals surface area contributed by atoms with Crippen molar-refractivity contribution in [2.75, 3.05) is 20.1 Å². The van der Waals surface area contributed by atoms with Crippen molar-refractivity contribution < 1.29 is 18.3 Å². The smallest absolute Gasteiger partial charge is 0.243 e. The van der Waals surface area contributed by atoms with Gasteiger partial charge in [0.25, 0.3) is 0 Å². The number of nitrogens with zero attached hydrogens (tertiary/aromatic N) is 3. The molecule has 0 spiro atoms. The van der Waals surface area contributed by atoms with Crippen LogP contribution in [0.3, 0.4) is 0 Å². The van der Waals surface area contributed by atoms with Gasteiger partial charge < -0.3 is 5.11 Å². The van der Waals surface area contributed by atoms with Gasteiger partial charge in [-0.1, -0.05) is 81.4 Å². The Morgan fingerprint density at radius 3 is 2.24 bits per heavy atom. The Bertz CT molecular complexity index is 1650. The number of ketones is 1. The zero-order chi connectivity index (χ0) is 33.3. The number of rotatable bonds is 17. The number of Topliss-reactive ketones (excluding diaryl/α,β-unsaturated/α-hetero) is 1. The summed E-state index contributed by atoms with van der Waals surface area (Å²) in [5.74, 6) is -0.513. The highest BCUT2D eigenvalue weighted by Crippen LogP contribution is 2.25. The lowest BCUT2D eigenvalue weighted by molar-refractivity contribution is 0.0689. The molecule has 4 rings (SSSR count). The van der Waals surface area contributed by atoms with Crippen LogP contribution in [0.5, 0.6) is 0 Å². The van der Waals surface area contributed by atoms with Crippen LogP contribution in [0.25, 0.3) is 0 Å². The fraction of sp³-hybridized carbons (Fsp3) is 0.405. The average molecular weight is 662 g/mol. The van der Waals surface area contributed by atoms with Gasteiger partial charge in [-0.2, -0.15) is 4.31 Å². The number of carbonyl (C=O) groups is 1. The van der Waals surface area contributed by atoms with Crippen molar-refractivity contribution in [3.8, 4) is 0 Å². The molecule has 2 atom stereocenters. The number of aromatic nitrogens is 1. The van der Waals surface area contributed by atoms with Gasteiger partial charge >= 0.3 is 0 Å². The van der Waals surface area contributed by atoms with Gasteiger partial charge in [-0.05, 0) is 73.5 Å². The zero-order valence-electron chi connectivity index (χ0n) is 27.6. The van der Waals surface area contributed by atoms with Crippen LogP contribution in [0.15, 0.2) is 89.1 Å². The second kappa shape index (κ2) is 16.6. The van der Waals surface area contributed by atoms with Crippen LogP contribution in [0.1, 0.15) is 64.9 Å². The summed E-state index contributed by atoms with van der Waals surface area (Å²) in [6, 6.07) is 24.3. The van der Waals surface area contributed by atoms with E-state index >= 15 is 0 Å². The van der Waals surface area contributed by atoms with Gasteiger partial charge in [-0.3, -0.25) is 9.69 Å². The maximum atomic E-state index is 13.8. The molecular weight excluding hydrogens is 615 g/mol. The van der Waals surface area contributed by atoms with Gasteiger partial charge in [-0.25, -0.2) is 13.4 Å². The SMILES string of the molecule is CCc1ccc(S(=O)(=O)N(CC(C)C)C[C@@H](O)[C@@H](CC(=O)c2cccc(CN(C)Cc3csc(C)n3)c2)Cc2ccccc2)cc1. The Hall–Kier alpha value is -3.21. The van der Waals surface area contributed by atoms with Gasteiger partial charge in [0, 0.05) is 43.5 Å². The maximum absolute atomic E-state index is 13.8. The summed E-state index contributed by atoms with van der Waals surface area (Å²) in [7, 11) is -1.83. The topological polar surface area (TPSA) is 90.8 Å². The third kappa shape index (κ3) is 10.1. The first-order valence-electron chi connectivity index (χ1n) is 16.0. The molecule has 0 aliphatic heterocycles. The van der Waals surface area contributed by atoms with Crippen molar-refractivity contribution in [3.05, 3.63) is 117 Å². The Balaban J connectivity index is 1.53. The van der Waals surface area contributed by atoms with Crippen LogP contribution in [0, 0.1) is 18.8 Å². The van der Waals surface area contributed by atoms with E-state index in [1.807, 2.05) is 101 Å². The fourth-order valence-electron chi connectivity index (χ4n) is 5.67. The maximum Gasteiger partial charge on any atom is 0.243 e. The number of sulfonamides is 1. The van der Waals surface area contributed by atoms with Gasteiger partial charge in [0.1, 0.15) is 0 Å². The van der Waals surface area contributed by atoms with Gasteiger partial charge in [-0.15, -0.1) is 11.3 Å². The molecule has 46 heavy (non-hydrogen) atoms. The zero-order valence-corrected chi connectivity index (χ0v) is 29.2. The predicted octanol–water partition coefficient (Wildman–Crippen LogP) is 6.79. The first-order chi connectivity index (χ1) is 21.9. The molecule has 0 saturated heterocycles. The minimum atomic E-state index is -3.86. The molecule has 3 aromatic carbocycles. The number of aliphatic hydroxyl groups excluding tert-OH is 1. The second-order valence-corrected chi connectivity index (χ2v) is 15.6. The van der Waals surface area contributed by atoms with E-state index in [0.717, 1.165) is 33.8 Å². The first-order valence-corrected chi connectivity index (χ1v) is 18.3. The lowest BCUT2D eigenvalue weighted by atomic mass is 9.87. The monoisotopic (exact) mass is 661 g/mol. The molecule has 0 fully saturated rings. The van der Waals surface area contributed by atoms with Crippen LogP contribution in [-0.4, -0.2) is 59.7 Å². The number of carbonyl (C=O) groups excluding carboxylic acids is 1. The number of hydrogen-bond donors (Lipinski definition) is 1. The van der Waals surface area contributed by atoms with Crippen LogP contribution in [-0.2, 0) is 36.0 Å². The lowest BCUT2D eigenvalue weighted by Crippen LogP contribution is -2.43. The molecule has 7 nitrogen and oxygen atoms in total.